The van der Waals surface area contributed by atoms with E-state index >= 15 is 0 Å². The zero-order valence-electron chi connectivity index (χ0n) is 24.0. The minimum absolute atomic E-state index is 0.661. The lowest BCUT2D eigenvalue weighted by atomic mass is 10.1. The number of thiocarbonyl (C=S) groups is 2. The summed E-state index contributed by atoms with van der Waals surface area (Å²) >= 11 is 10.7. The number of rotatable bonds is 8. The molecule has 4 N–H and O–H groups in total. The van der Waals surface area contributed by atoms with Gasteiger partial charge in [0.15, 0.2) is 0 Å². The summed E-state index contributed by atoms with van der Waals surface area (Å²) < 4.78 is 0. The van der Waals surface area contributed by atoms with Gasteiger partial charge in [-0.05, 0) is 59.3 Å². The third-order valence-corrected chi connectivity index (χ3v) is 7.09. The van der Waals surface area contributed by atoms with E-state index in [9.17, 15) is 0 Å². The molecule has 0 fully saturated rings. The highest BCUT2D eigenvalue weighted by molar-refractivity contribution is 7.81. The molecule has 0 aromatic heterocycles. The maximum absolute atomic E-state index is 5.47. The summed E-state index contributed by atoms with van der Waals surface area (Å²) in [6.45, 7) is 0. The number of nitrogens with one attached hydrogen (secondary N) is 4. The normalized spacial score (nSPS) is 10.7. The summed E-state index contributed by atoms with van der Waals surface area (Å²) in [7, 11) is 0. The molecule has 6 rings (SSSR count). The van der Waals surface area contributed by atoms with Gasteiger partial charge >= 0.3 is 0 Å². The Morgan fingerprint density at radius 3 is 1.50 bits per heavy atom. The summed E-state index contributed by atoms with van der Waals surface area (Å²) in [5.74, 6) is 0. The summed E-state index contributed by atoms with van der Waals surface area (Å²) in [5.41, 5.74) is 4.11. The van der Waals surface area contributed by atoms with Crippen LogP contribution in [0.4, 0.5) is 22.7 Å². The lowest BCUT2D eigenvalue weighted by Crippen LogP contribution is -2.06. The van der Waals surface area contributed by atoms with Crippen LogP contribution in [-0.4, -0.2) is 9.98 Å². The minimum Gasteiger partial charge on any atom is -0.362 e. The van der Waals surface area contributed by atoms with Crippen molar-refractivity contribution in [3.8, 4) is 0 Å². The molecule has 0 aliphatic heterocycles. The molecule has 0 radical (unpaired) electrons. The van der Waals surface area contributed by atoms with Crippen molar-refractivity contribution in [3.63, 3.8) is 0 Å². The second-order valence-corrected chi connectivity index (χ2v) is 10.6. The summed E-state index contributed by atoms with van der Waals surface area (Å²) in [5, 5.41) is 17.7. The standard InChI is InChI=1S/C23H18N2S.C15H14N2S/c26-23(25-22-14-6-10-18-8-2-4-12-20(18)22)15-16-24-21-13-5-9-17-7-1-3-11-19(17)21;18-15(17-14-9-5-2-6-10-14)11-12-16-13-7-3-1-4-8-13/h1-16,24H,(H,25,26);1-12,16H,(H,17,18)/b16-15-;12-11-. The van der Waals surface area contributed by atoms with E-state index in [0.717, 1.165) is 28.1 Å². The molecule has 0 unspecified atom stereocenters. The van der Waals surface area contributed by atoms with E-state index in [1.165, 1.54) is 16.2 Å². The van der Waals surface area contributed by atoms with E-state index in [1.54, 1.807) is 0 Å². The highest BCUT2D eigenvalue weighted by atomic mass is 32.1. The minimum atomic E-state index is 0.661. The van der Waals surface area contributed by atoms with Crippen LogP contribution in [0.15, 0.2) is 170 Å². The molecule has 0 spiro atoms. The third kappa shape index (κ3) is 8.85. The van der Waals surface area contributed by atoms with Crippen LogP contribution < -0.4 is 21.3 Å². The fraction of sp³-hybridized carbons (Fsp3) is 0. The molecule has 6 heteroatoms. The molecule has 0 aliphatic rings. The molecular formula is C38H32N4S2. The molecular weight excluding hydrogens is 577 g/mol. The number of anilines is 4. The van der Waals surface area contributed by atoms with Gasteiger partial charge in [0.05, 0.1) is 0 Å². The number of para-hydroxylation sites is 2. The van der Waals surface area contributed by atoms with E-state index in [2.05, 4.69) is 63.7 Å². The van der Waals surface area contributed by atoms with Crippen LogP contribution in [0.3, 0.4) is 0 Å². The van der Waals surface area contributed by atoms with Gasteiger partial charge in [0.2, 0.25) is 0 Å². The molecule has 216 valence electrons. The van der Waals surface area contributed by atoms with Gasteiger partial charge in [0, 0.05) is 45.9 Å². The van der Waals surface area contributed by atoms with Gasteiger partial charge < -0.3 is 21.3 Å². The Labute approximate surface area is 269 Å². The average Bonchev–Trinajstić information content (AvgIpc) is 3.06. The van der Waals surface area contributed by atoms with Crippen LogP contribution in [0, 0.1) is 0 Å². The van der Waals surface area contributed by atoms with Crippen molar-refractivity contribution in [1.82, 2.24) is 0 Å². The Bertz CT molecular complexity index is 1890. The zero-order valence-corrected chi connectivity index (χ0v) is 25.6. The van der Waals surface area contributed by atoms with E-state index in [1.807, 2.05) is 128 Å². The Hall–Kier alpha value is -5.30. The molecule has 44 heavy (non-hydrogen) atoms. The van der Waals surface area contributed by atoms with Crippen molar-refractivity contribution in [2.75, 3.05) is 21.3 Å². The fourth-order valence-electron chi connectivity index (χ4n) is 4.52. The van der Waals surface area contributed by atoms with Gasteiger partial charge in [0.1, 0.15) is 9.98 Å². The van der Waals surface area contributed by atoms with Crippen LogP contribution in [0.1, 0.15) is 0 Å². The first-order chi connectivity index (χ1) is 21.7. The molecule has 0 atom stereocenters. The van der Waals surface area contributed by atoms with Crippen LogP contribution in [0.2, 0.25) is 0 Å². The lowest BCUT2D eigenvalue weighted by molar-refractivity contribution is 1.58. The quantitative estimate of drug-likeness (QED) is 0.102. The largest absolute Gasteiger partial charge is 0.362 e. The van der Waals surface area contributed by atoms with Gasteiger partial charge in [0.25, 0.3) is 0 Å². The van der Waals surface area contributed by atoms with Crippen LogP contribution >= 0.6 is 24.4 Å². The van der Waals surface area contributed by atoms with Crippen molar-refractivity contribution in [1.29, 1.82) is 0 Å². The topological polar surface area (TPSA) is 48.1 Å². The van der Waals surface area contributed by atoms with Crippen LogP contribution in [0.5, 0.6) is 0 Å². The highest BCUT2D eigenvalue weighted by Gasteiger charge is 2.01. The van der Waals surface area contributed by atoms with Gasteiger partial charge in [-0.3, -0.25) is 0 Å². The number of hydrogen-bond acceptors (Lipinski definition) is 4. The van der Waals surface area contributed by atoms with E-state index in [0.29, 0.717) is 9.98 Å². The average molecular weight is 609 g/mol. The van der Waals surface area contributed by atoms with Gasteiger partial charge in [-0.15, -0.1) is 0 Å². The van der Waals surface area contributed by atoms with Crippen molar-refractivity contribution in [2.24, 2.45) is 0 Å². The first-order valence-corrected chi connectivity index (χ1v) is 15.0. The predicted molar refractivity (Wildman–Crippen MR) is 199 cm³/mol. The number of hydrogen-bond donors (Lipinski definition) is 4. The number of benzene rings is 6. The molecule has 0 amide bonds. The van der Waals surface area contributed by atoms with E-state index < -0.39 is 0 Å². The maximum Gasteiger partial charge on any atom is 0.105 e. The van der Waals surface area contributed by atoms with Gasteiger partial charge in [-0.25, -0.2) is 0 Å². The molecule has 0 saturated carbocycles. The maximum atomic E-state index is 5.47. The molecule has 0 heterocycles. The Morgan fingerprint density at radius 2 is 0.864 bits per heavy atom. The van der Waals surface area contributed by atoms with Gasteiger partial charge in [-0.2, -0.15) is 0 Å². The molecule has 0 saturated heterocycles. The third-order valence-electron chi connectivity index (χ3n) is 6.61. The zero-order chi connectivity index (χ0) is 30.4. The first-order valence-electron chi connectivity index (χ1n) is 14.2. The van der Waals surface area contributed by atoms with Crippen molar-refractivity contribution in [2.45, 2.75) is 0 Å². The summed E-state index contributed by atoms with van der Waals surface area (Å²) in [6, 6.07) is 48.8. The molecule has 6 aromatic rings. The monoisotopic (exact) mass is 608 g/mol. The smallest absolute Gasteiger partial charge is 0.105 e. The SMILES string of the molecule is S=C(/C=C\Nc1cccc2ccccc12)Nc1cccc2ccccc12.S=C(/C=C\Nc1ccccc1)Nc1ccccc1. The van der Waals surface area contributed by atoms with E-state index in [-0.39, 0.29) is 0 Å². The first kappa shape index (κ1) is 30.2. The molecule has 0 bridgehead atoms. The molecule has 6 aromatic carbocycles. The summed E-state index contributed by atoms with van der Waals surface area (Å²) in [4.78, 5) is 1.33. The summed E-state index contributed by atoms with van der Waals surface area (Å²) in [6.07, 6.45) is 7.41. The van der Waals surface area contributed by atoms with Crippen molar-refractivity contribution >= 4 is 78.7 Å². The Balaban J connectivity index is 0.000000187. The van der Waals surface area contributed by atoms with Gasteiger partial charge in [-0.1, -0.05) is 134 Å². The van der Waals surface area contributed by atoms with Crippen LogP contribution in [0.25, 0.3) is 21.5 Å². The molecule has 0 aliphatic carbocycles. The number of fused-ring (bicyclic) bond motifs is 2. The second kappa shape index (κ2) is 15.8. The van der Waals surface area contributed by atoms with Crippen molar-refractivity contribution < 1.29 is 0 Å². The lowest BCUT2D eigenvalue weighted by Gasteiger charge is -2.09. The highest BCUT2D eigenvalue weighted by Crippen LogP contribution is 2.24. The predicted octanol–water partition coefficient (Wildman–Crippen LogP) is 10.4. The Kier molecular flexibility index (Phi) is 10.8. The fourth-order valence-corrected chi connectivity index (χ4v) is 4.88. The van der Waals surface area contributed by atoms with E-state index in [4.69, 9.17) is 24.4 Å². The second-order valence-electron chi connectivity index (χ2n) is 9.72. The van der Waals surface area contributed by atoms with Crippen molar-refractivity contribution in [3.05, 3.63) is 170 Å². The Morgan fingerprint density at radius 1 is 0.409 bits per heavy atom. The van der Waals surface area contributed by atoms with Crippen LogP contribution in [-0.2, 0) is 0 Å². The molecule has 4 nitrogen and oxygen atoms in total.